The average Bonchev–Trinajstić information content (AvgIpc) is 3.02. The first-order valence-corrected chi connectivity index (χ1v) is 8.91. The van der Waals surface area contributed by atoms with Crippen molar-refractivity contribution in [1.29, 1.82) is 0 Å². The summed E-state index contributed by atoms with van der Waals surface area (Å²) >= 11 is 1.23. The molecule has 0 saturated carbocycles. The fourth-order valence-electron chi connectivity index (χ4n) is 2.55. The summed E-state index contributed by atoms with van der Waals surface area (Å²) in [5.74, 6) is 0.135. The van der Waals surface area contributed by atoms with Crippen LogP contribution in [0.2, 0.25) is 0 Å². The summed E-state index contributed by atoms with van der Waals surface area (Å²) in [6.07, 6.45) is 0. The van der Waals surface area contributed by atoms with E-state index in [1.807, 2.05) is 6.07 Å². The number of benzene rings is 1. The molecule has 0 spiro atoms. The SMILES string of the molecule is COCCn1c(SCC(=O)c2ccccc2)nc2c1c(=O)[nH]c(=O)n2C. The number of imidazole rings is 1. The molecule has 0 atom stereocenters. The van der Waals surface area contributed by atoms with E-state index in [0.717, 1.165) is 0 Å². The molecular formula is C17H18N4O4S. The van der Waals surface area contributed by atoms with Crippen LogP contribution < -0.4 is 11.2 Å². The molecule has 0 aliphatic carbocycles. The summed E-state index contributed by atoms with van der Waals surface area (Å²) in [6, 6.07) is 8.97. The summed E-state index contributed by atoms with van der Waals surface area (Å²) in [7, 11) is 3.10. The van der Waals surface area contributed by atoms with Gasteiger partial charge in [-0.25, -0.2) is 9.78 Å². The van der Waals surface area contributed by atoms with Gasteiger partial charge in [0.25, 0.3) is 5.56 Å². The van der Waals surface area contributed by atoms with Crippen molar-refractivity contribution in [2.75, 3.05) is 19.5 Å². The van der Waals surface area contributed by atoms with Crippen LogP contribution in [-0.4, -0.2) is 44.4 Å². The van der Waals surface area contributed by atoms with Gasteiger partial charge < -0.3 is 9.30 Å². The maximum absolute atomic E-state index is 12.3. The molecule has 3 aromatic rings. The summed E-state index contributed by atoms with van der Waals surface area (Å²) in [6.45, 7) is 0.754. The number of thioether (sulfide) groups is 1. The third-order valence-electron chi connectivity index (χ3n) is 3.92. The Kier molecular flexibility index (Phi) is 5.38. The second-order valence-corrected chi connectivity index (χ2v) is 6.55. The van der Waals surface area contributed by atoms with Gasteiger partial charge in [0.05, 0.1) is 12.4 Å². The maximum atomic E-state index is 12.3. The number of ketones is 1. The number of hydrogen-bond donors (Lipinski definition) is 1. The number of carbonyl (C=O) groups is 1. The van der Waals surface area contributed by atoms with Crippen molar-refractivity contribution in [3.05, 3.63) is 56.7 Å². The molecule has 0 unspecified atom stereocenters. The number of rotatable bonds is 7. The number of aryl methyl sites for hydroxylation is 1. The molecule has 0 aliphatic heterocycles. The van der Waals surface area contributed by atoms with Crippen LogP contribution in [0.25, 0.3) is 11.2 Å². The van der Waals surface area contributed by atoms with Crippen LogP contribution in [0, 0.1) is 0 Å². The Morgan fingerprint density at radius 2 is 2.00 bits per heavy atom. The van der Waals surface area contributed by atoms with Gasteiger partial charge >= 0.3 is 5.69 Å². The number of H-pyrrole nitrogens is 1. The van der Waals surface area contributed by atoms with E-state index in [9.17, 15) is 14.4 Å². The highest BCUT2D eigenvalue weighted by molar-refractivity contribution is 7.99. The molecule has 9 heteroatoms. The largest absolute Gasteiger partial charge is 0.383 e. The van der Waals surface area contributed by atoms with Crippen molar-refractivity contribution in [2.45, 2.75) is 11.7 Å². The summed E-state index contributed by atoms with van der Waals surface area (Å²) in [5.41, 5.74) is 0.150. The highest BCUT2D eigenvalue weighted by atomic mass is 32.2. The molecular weight excluding hydrogens is 356 g/mol. The number of aromatic nitrogens is 4. The number of Topliss-reactive ketones (excluding diaryl/α,β-unsaturated/α-hetero) is 1. The van der Waals surface area contributed by atoms with Crippen LogP contribution in [0.3, 0.4) is 0 Å². The predicted octanol–water partition coefficient (Wildman–Crippen LogP) is 1.04. The van der Waals surface area contributed by atoms with Gasteiger partial charge in [-0.15, -0.1) is 0 Å². The van der Waals surface area contributed by atoms with E-state index >= 15 is 0 Å². The highest BCUT2D eigenvalue weighted by Gasteiger charge is 2.18. The van der Waals surface area contributed by atoms with Crippen LogP contribution in [0.5, 0.6) is 0 Å². The average molecular weight is 374 g/mol. The molecule has 0 bridgehead atoms. The Morgan fingerprint density at radius 3 is 2.69 bits per heavy atom. The van der Waals surface area contributed by atoms with Crippen LogP contribution >= 0.6 is 11.8 Å². The van der Waals surface area contributed by atoms with Gasteiger partial charge in [-0.3, -0.25) is 19.1 Å². The zero-order valence-electron chi connectivity index (χ0n) is 14.4. The van der Waals surface area contributed by atoms with Crippen molar-refractivity contribution in [3.8, 4) is 0 Å². The second kappa shape index (κ2) is 7.71. The Balaban J connectivity index is 1.98. The molecule has 26 heavy (non-hydrogen) atoms. The first-order valence-electron chi connectivity index (χ1n) is 7.92. The molecule has 0 amide bonds. The monoisotopic (exact) mass is 374 g/mol. The van der Waals surface area contributed by atoms with Crippen LogP contribution in [-0.2, 0) is 18.3 Å². The zero-order chi connectivity index (χ0) is 18.7. The molecule has 0 saturated heterocycles. The fourth-order valence-corrected chi connectivity index (χ4v) is 3.47. The topological polar surface area (TPSA) is 99.0 Å². The van der Waals surface area contributed by atoms with E-state index in [2.05, 4.69) is 9.97 Å². The van der Waals surface area contributed by atoms with Crippen molar-refractivity contribution in [2.24, 2.45) is 7.05 Å². The van der Waals surface area contributed by atoms with Crippen molar-refractivity contribution in [3.63, 3.8) is 0 Å². The number of carbonyl (C=O) groups excluding carboxylic acids is 1. The van der Waals surface area contributed by atoms with Gasteiger partial charge in [0.1, 0.15) is 0 Å². The van der Waals surface area contributed by atoms with E-state index < -0.39 is 11.2 Å². The van der Waals surface area contributed by atoms with Gasteiger partial charge in [-0.2, -0.15) is 0 Å². The number of methoxy groups -OCH3 is 1. The fraction of sp³-hybridized carbons (Fsp3) is 0.294. The third-order valence-corrected chi connectivity index (χ3v) is 4.90. The molecule has 0 aliphatic rings. The lowest BCUT2D eigenvalue weighted by Gasteiger charge is -2.07. The predicted molar refractivity (Wildman–Crippen MR) is 99.0 cm³/mol. The van der Waals surface area contributed by atoms with Crippen LogP contribution in [0.15, 0.2) is 45.1 Å². The quantitative estimate of drug-likeness (QED) is 0.490. The minimum atomic E-state index is -0.532. The van der Waals surface area contributed by atoms with Crippen LogP contribution in [0.1, 0.15) is 10.4 Å². The molecule has 8 nitrogen and oxygen atoms in total. The summed E-state index contributed by atoms with van der Waals surface area (Å²) < 4.78 is 8.06. The van der Waals surface area contributed by atoms with Gasteiger partial charge in [0.2, 0.25) is 0 Å². The number of aromatic amines is 1. The number of ether oxygens (including phenoxy) is 1. The lowest BCUT2D eigenvalue weighted by atomic mass is 10.2. The highest BCUT2D eigenvalue weighted by Crippen LogP contribution is 2.22. The molecule has 136 valence electrons. The van der Waals surface area contributed by atoms with Crippen molar-refractivity contribution < 1.29 is 9.53 Å². The molecule has 2 heterocycles. The van der Waals surface area contributed by atoms with E-state index in [-0.39, 0.29) is 17.2 Å². The Bertz CT molecular complexity index is 1050. The molecule has 1 aromatic carbocycles. The van der Waals surface area contributed by atoms with E-state index in [1.54, 1.807) is 35.9 Å². The molecule has 2 aromatic heterocycles. The van der Waals surface area contributed by atoms with Gasteiger partial charge in [-0.05, 0) is 0 Å². The Morgan fingerprint density at radius 1 is 1.27 bits per heavy atom. The standard InChI is InChI=1S/C17H18N4O4S/c1-20-14-13(15(23)19-16(20)24)21(8-9-25-2)17(18-14)26-10-12(22)11-6-4-3-5-7-11/h3-7H,8-10H2,1-2H3,(H,19,23,24). The van der Waals surface area contributed by atoms with Crippen LogP contribution in [0.4, 0.5) is 0 Å². The third kappa shape index (κ3) is 3.49. The number of hydrogen-bond acceptors (Lipinski definition) is 6. The Labute approximate surface area is 152 Å². The van der Waals surface area contributed by atoms with E-state index in [0.29, 0.717) is 29.4 Å². The minimum Gasteiger partial charge on any atom is -0.383 e. The van der Waals surface area contributed by atoms with E-state index in [4.69, 9.17) is 4.74 Å². The van der Waals surface area contributed by atoms with Gasteiger partial charge in [0.15, 0.2) is 22.1 Å². The molecule has 0 radical (unpaired) electrons. The van der Waals surface area contributed by atoms with Gasteiger partial charge in [-0.1, -0.05) is 42.1 Å². The smallest absolute Gasteiger partial charge is 0.329 e. The Hall–Kier alpha value is -2.65. The van der Waals surface area contributed by atoms with E-state index in [1.165, 1.54) is 23.4 Å². The summed E-state index contributed by atoms with van der Waals surface area (Å²) in [4.78, 5) is 43.1. The lowest BCUT2D eigenvalue weighted by molar-refractivity contribution is 0.102. The molecule has 1 N–H and O–H groups in total. The number of nitrogens with one attached hydrogen (secondary N) is 1. The molecule has 0 fully saturated rings. The second-order valence-electron chi connectivity index (χ2n) is 5.61. The molecule has 3 rings (SSSR count). The number of fused-ring (bicyclic) bond motifs is 1. The maximum Gasteiger partial charge on any atom is 0.329 e. The minimum absolute atomic E-state index is 0.0382. The van der Waals surface area contributed by atoms with Crippen molar-refractivity contribution >= 4 is 28.7 Å². The van der Waals surface area contributed by atoms with Gasteiger partial charge in [0, 0.05) is 26.3 Å². The van der Waals surface area contributed by atoms with Crippen molar-refractivity contribution in [1.82, 2.24) is 19.1 Å². The first-order chi connectivity index (χ1) is 12.5. The lowest BCUT2D eigenvalue weighted by Crippen LogP contribution is -2.29. The summed E-state index contributed by atoms with van der Waals surface area (Å²) in [5, 5.41) is 0.494. The normalized spacial score (nSPS) is 11.2. The first kappa shape index (κ1) is 18.2. The zero-order valence-corrected chi connectivity index (χ0v) is 15.2. The number of nitrogens with zero attached hydrogens (tertiary/aromatic N) is 3.